The number of hydrogen-bond acceptors (Lipinski definition) is 2. The quantitative estimate of drug-likeness (QED) is 0.552. The summed E-state index contributed by atoms with van der Waals surface area (Å²) in [5.41, 5.74) is 0.993. The number of aliphatic imine (C=N–C) groups is 1. The van der Waals surface area contributed by atoms with Gasteiger partial charge < -0.3 is 5.11 Å². The van der Waals surface area contributed by atoms with Gasteiger partial charge in [0, 0.05) is 6.21 Å². The molecule has 0 aromatic rings. The molecule has 1 rings (SSSR count). The highest BCUT2D eigenvalue weighted by Crippen LogP contribution is 2.12. The van der Waals surface area contributed by atoms with E-state index in [1.807, 2.05) is 20.8 Å². The maximum atomic E-state index is 8.86. The third-order valence-corrected chi connectivity index (χ3v) is 1.24. The second-order valence-electron chi connectivity index (χ2n) is 1.95. The average molecular weight is 141 g/mol. The molecule has 0 aromatic heterocycles. The van der Waals surface area contributed by atoms with Crippen LogP contribution in [-0.2, 0) is 0 Å². The lowest BCUT2D eigenvalue weighted by Gasteiger charge is -2.03. The summed E-state index contributed by atoms with van der Waals surface area (Å²) in [6.45, 7) is 5.89. The molecule has 0 atom stereocenters. The molecular weight excluding hydrogens is 126 g/mol. The van der Waals surface area contributed by atoms with Gasteiger partial charge in [-0.3, -0.25) is 0 Å². The van der Waals surface area contributed by atoms with Crippen LogP contribution in [0.25, 0.3) is 0 Å². The summed E-state index contributed by atoms with van der Waals surface area (Å²) in [5, 5.41) is 8.86. The van der Waals surface area contributed by atoms with E-state index < -0.39 is 0 Å². The van der Waals surface area contributed by atoms with Crippen LogP contribution in [0, 0.1) is 0 Å². The van der Waals surface area contributed by atoms with Gasteiger partial charge in [-0.05, 0) is 25.3 Å². The van der Waals surface area contributed by atoms with Crippen molar-refractivity contribution in [3.05, 3.63) is 11.5 Å². The summed E-state index contributed by atoms with van der Waals surface area (Å²) in [5.74, 6) is 0.205. The van der Waals surface area contributed by atoms with Gasteiger partial charge in [-0.25, -0.2) is 4.99 Å². The minimum atomic E-state index is 0.205. The Kier molecular flexibility index (Phi) is 4.63. The standard InChI is InChI=1S/C6H9NO.C2H6/c1-5-3-2-4-7-6(5)8;1-2/h4,8H,2-3H2,1H3;1-2H3. The van der Waals surface area contributed by atoms with Gasteiger partial charge in [0.1, 0.15) is 0 Å². The van der Waals surface area contributed by atoms with Crippen molar-refractivity contribution in [1.82, 2.24) is 0 Å². The molecule has 2 nitrogen and oxygen atoms in total. The van der Waals surface area contributed by atoms with Gasteiger partial charge in [0.15, 0.2) is 0 Å². The Hall–Kier alpha value is -0.790. The zero-order valence-corrected chi connectivity index (χ0v) is 6.89. The summed E-state index contributed by atoms with van der Waals surface area (Å²) in [4.78, 5) is 3.72. The van der Waals surface area contributed by atoms with Crippen LogP contribution in [0.3, 0.4) is 0 Å². The smallest absolute Gasteiger partial charge is 0.209 e. The molecule has 1 N–H and O–H groups in total. The molecule has 1 heterocycles. The lowest BCUT2D eigenvalue weighted by molar-refractivity contribution is 0.395. The molecule has 0 saturated heterocycles. The van der Waals surface area contributed by atoms with E-state index in [1.54, 1.807) is 6.21 Å². The SMILES string of the molecule is CC.CC1=C(O)N=CCC1. The van der Waals surface area contributed by atoms with E-state index in [1.165, 1.54) is 0 Å². The molecule has 1 aliphatic heterocycles. The van der Waals surface area contributed by atoms with E-state index in [2.05, 4.69) is 4.99 Å². The predicted molar refractivity (Wildman–Crippen MR) is 44.4 cm³/mol. The second-order valence-corrected chi connectivity index (χ2v) is 1.95. The number of hydrogen-bond donors (Lipinski definition) is 1. The van der Waals surface area contributed by atoms with Gasteiger partial charge in [-0.1, -0.05) is 13.8 Å². The Morgan fingerprint density at radius 2 is 2.10 bits per heavy atom. The summed E-state index contributed by atoms with van der Waals surface area (Å²) < 4.78 is 0. The van der Waals surface area contributed by atoms with E-state index in [0.29, 0.717) is 0 Å². The van der Waals surface area contributed by atoms with Crippen LogP contribution < -0.4 is 0 Å². The lowest BCUT2D eigenvalue weighted by Crippen LogP contribution is -1.92. The molecule has 0 spiro atoms. The lowest BCUT2D eigenvalue weighted by atomic mass is 10.1. The highest BCUT2D eigenvalue weighted by Gasteiger charge is 2.00. The van der Waals surface area contributed by atoms with Crippen LogP contribution in [0.2, 0.25) is 0 Å². The van der Waals surface area contributed by atoms with Gasteiger partial charge in [-0.2, -0.15) is 0 Å². The molecule has 0 saturated carbocycles. The topological polar surface area (TPSA) is 32.6 Å². The van der Waals surface area contributed by atoms with Crippen molar-refractivity contribution in [1.29, 1.82) is 0 Å². The fourth-order valence-electron chi connectivity index (χ4n) is 0.654. The van der Waals surface area contributed by atoms with Crippen LogP contribution >= 0.6 is 0 Å². The number of nitrogens with zero attached hydrogens (tertiary/aromatic N) is 1. The monoisotopic (exact) mass is 141 g/mol. The summed E-state index contributed by atoms with van der Waals surface area (Å²) in [6.07, 6.45) is 3.66. The molecule has 2 heteroatoms. The second kappa shape index (κ2) is 5.03. The van der Waals surface area contributed by atoms with E-state index in [0.717, 1.165) is 18.4 Å². The fourth-order valence-corrected chi connectivity index (χ4v) is 0.654. The zero-order valence-electron chi connectivity index (χ0n) is 6.89. The fraction of sp³-hybridized carbons (Fsp3) is 0.625. The van der Waals surface area contributed by atoms with E-state index in [-0.39, 0.29) is 5.88 Å². The van der Waals surface area contributed by atoms with Crippen LogP contribution in [-0.4, -0.2) is 11.3 Å². The molecule has 0 radical (unpaired) electrons. The first-order valence-electron chi connectivity index (χ1n) is 3.72. The van der Waals surface area contributed by atoms with Gasteiger partial charge in [0.2, 0.25) is 5.88 Å². The Bertz CT molecular complexity index is 147. The number of rotatable bonds is 0. The summed E-state index contributed by atoms with van der Waals surface area (Å²) in [6, 6.07) is 0. The average Bonchev–Trinajstić information content (AvgIpc) is 2.00. The Morgan fingerprint density at radius 1 is 1.50 bits per heavy atom. The van der Waals surface area contributed by atoms with Gasteiger partial charge in [0.25, 0.3) is 0 Å². The van der Waals surface area contributed by atoms with Crippen molar-refractivity contribution in [3.8, 4) is 0 Å². The van der Waals surface area contributed by atoms with Gasteiger partial charge in [-0.15, -0.1) is 0 Å². The molecule has 10 heavy (non-hydrogen) atoms. The van der Waals surface area contributed by atoms with Crippen molar-refractivity contribution in [2.45, 2.75) is 33.6 Å². The minimum absolute atomic E-state index is 0.205. The first-order valence-corrected chi connectivity index (χ1v) is 3.72. The highest BCUT2D eigenvalue weighted by molar-refractivity contribution is 5.60. The summed E-state index contributed by atoms with van der Waals surface area (Å²) >= 11 is 0. The number of aliphatic hydroxyl groups is 1. The van der Waals surface area contributed by atoms with Crippen LogP contribution in [0.1, 0.15) is 33.6 Å². The Morgan fingerprint density at radius 3 is 2.40 bits per heavy atom. The van der Waals surface area contributed by atoms with Crippen molar-refractivity contribution in [3.63, 3.8) is 0 Å². The van der Waals surface area contributed by atoms with Crippen molar-refractivity contribution < 1.29 is 5.11 Å². The summed E-state index contributed by atoms with van der Waals surface area (Å²) in [7, 11) is 0. The Labute approximate surface area is 62.3 Å². The van der Waals surface area contributed by atoms with Crippen LogP contribution in [0.5, 0.6) is 0 Å². The largest absolute Gasteiger partial charge is 0.493 e. The maximum Gasteiger partial charge on any atom is 0.209 e. The van der Waals surface area contributed by atoms with Gasteiger partial charge >= 0.3 is 0 Å². The molecular formula is C8H15NO. The van der Waals surface area contributed by atoms with Crippen LogP contribution in [0.4, 0.5) is 0 Å². The van der Waals surface area contributed by atoms with Crippen molar-refractivity contribution >= 4 is 6.21 Å². The molecule has 0 fully saturated rings. The van der Waals surface area contributed by atoms with Crippen molar-refractivity contribution in [2.24, 2.45) is 4.99 Å². The number of allylic oxidation sites excluding steroid dienone is 1. The van der Waals surface area contributed by atoms with Gasteiger partial charge in [0.05, 0.1) is 0 Å². The maximum absolute atomic E-state index is 8.86. The van der Waals surface area contributed by atoms with Crippen molar-refractivity contribution in [2.75, 3.05) is 0 Å². The highest BCUT2D eigenvalue weighted by atomic mass is 16.3. The molecule has 58 valence electrons. The first-order chi connectivity index (χ1) is 4.80. The first kappa shape index (κ1) is 9.21. The molecule has 0 unspecified atom stereocenters. The molecule has 0 bridgehead atoms. The van der Waals surface area contributed by atoms with E-state index >= 15 is 0 Å². The van der Waals surface area contributed by atoms with E-state index in [4.69, 9.17) is 5.11 Å². The molecule has 1 aliphatic rings. The third kappa shape index (κ3) is 2.67. The predicted octanol–water partition coefficient (Wildman–Crippen LogP) is 2.67. The minimum Gasteiger partial charge on any atom is -0.493 e. The third-order valence-electron chi connectivity index (χ3n) is 1.24. The Balaban J connectivity index is 0.000000371. The zero-order chi connectivity index (χ0) is 7.98. The molecule has 0 aromatic carbocycles. The molecule has 0 amide bonds. The van der Waals surface area contributed by atoms with Crippen LogP contribution in [0.15, 0.2) is 16.4 Å². The number of aliphatic hydroxyl groups excluding tert-OH is 1. The molecule has 0 aliphatic carbocycles. The van der Waals surface area contributed by atoms with E-state index in [9.17, 15) is 0 Å². The normalized spacial score (nSPS) is 16.3.